The molecule has 0 atom stereocenters. The van der Waals surface area contributed by atoms with Gasteiger partial charge in [0.2, 0.25) is 0 Å². The molecule has 0 radical (unpaired) electrons. The second-order valence-corrected chi connectivity index (χ2v) is 11.5. The van der Waals surface area contributed by atoms with E-state index in [1.54, 1.807) is 0 Å². The zero-order valence-corrected chi connectivity index (χ0v) is 23.1. The topological polar surface area (TPSA) is 51.8 Å². The molecule has 3 heterocycles. The first-order chi connectivity index (χ1) is 20.8. The van der Waals surface area contributed by atoms with Crippen LogP contribution in [-0.4, -0.2) is 15.0 Å². The Morgan fingerprint density at radius 2 is 1.19 bits per heavy atom. The number of para-hydroxylation sites is 1. The highest BCUT2D eigenvalue weighted by Crippen LogP contribution is 2.42. The fourth-order valence-corrected chi connectivity index (χ4v) is 7.22. The predicted molar refractivity (Wildman–Crippen MR) is 174 cm³/mol. The van der Waals surface area contributed by atoms with Crippen LogP contribution in [0.4, 0.5) is 0 Å². The van der Waals surface area contributed by atoms with Crippen LogP contribution in [-0.2, 0) is 0 Å². The molecule has 0 fully saturated rings. The molecule has 196 valence electrons. The number of aromatic nitrogens is 3. The molecule has 0 bridgehead atoms. The quantitative estimate of drug-likeness (QED) is 0.218. The Morgan fingerprint density at radius 1 is 0.476 bits per heavy atom. The van der Waals surface area contributed by atoms with Crippen molar-refractivity contribution < 1.29 is 4.42 Å². The van der Waals surface area contributed by atoms with Crippen molar-refractivity contribution in [2.45, 2.75) is 0 Å². The van der Waals surface area contributed by atoms with E-state index in [0.29, 0.717) is 17.5 Å². The summed E-state index contributed by atoms with van der Waals surface area (Å²) in [7, 11) is 0. The maximum absolute atomic E-state index is 6.21. The number of fused-ring (bicyclic) bond motifs is 8. The van der Waals surface area contributed by atoms with Crippen molar-refractivity contribution >= 4 is 64.2 Å². The number of thiophene rings is 1. The van der Waals surface area contributed by atoms with Crippen LogP contribution >= 0.6 is 11.3 Å². The molecular weight excluding hydrogens is 534 g/mol. The Hall–Kier alpha value is -5.39. The van der Waals surface area contributed by atoms with E-state index in [1.807, 2.05) is 65.9 Å². The zero-order valence-electron chi connectivity index (χ0n) is 22.3. The highest BCUT2D eigenvalue weighted by molar-refractivity contribution is 7.26. The van der Waals surface area contributed by atoms with Gasteiger partial charge in [0.25, 0.3) is 0 Å². The molecule has 6 aromatic carbocycles. The summed E-state index contributed by atoms with van der Waals surface area (Å²) < 4.78 is 8.73. The SMILES string of the molecule is c1ccc(-c2nc(-c3ccc4c(c3)oc3ccccc34)nc(-c3cccc4ccc5c6ccccc6sc5c34)n2)cc1. The van der Waals surface area contributed by atoms with Crippen LogP contribution in [0.15, 0.2) is 132 Å². The monoisotopic (exact) mass is 555 g/mol. The van der Waals surface area contributed by atoms with Crippen molar-refractivity contribution in [3.63, 3.8) is 0 Å². The summed E-state index contributed by atoms with van der Waals surface area (Å²) in [6.07, 6.45) is 0. The predicted octanol–water partition coefficient (Wildman–Crippen LogP) is 10.3. The summed E-state index contributed by atoms with van der Waals surface area (Å²) in [5.41, 5.74) is 4.51. The van der Waals surface area contributed by atoms with Crippen LogP contribution in [0.1, 0.15) is 0 Å². The molecule has 0 aliphatic carbocycles. The van der Waals surface area contributed by atoms with Crippen molar-refractivity contribution in [1.82, 2.24) is 15.0 Å². The smallest absolute Gasteiger partial charge is 0.164 e. The molecule has 0 N–H and O–H groups in total. The first kappa shape index (κ1) is 23.3. The molecule has 9 rings (SSSR count). The van der Waals surface area contributed by atoms with E-state index in [4.69, 9.17) is 19.4 Å². The number of hydrogen-bond donors (Lipinski definition) is 0. The lowest BCUT2D eigenvalue weighted by atomic mass is 10.0. The molecule has 5 heteroatoms. The molecule has 0 unspecified atom stereocenters. The van der Waals surface area contributed by atoms with E-state index in [0.717, 1.165) is 38.6 Å². The molecule has 0 amide bonds. The van der Waals surface area contributed by atoms with Gasteiger partial charge in [-0.3, -0.25) is 0 Å². The molecule has 42 heavy (non-hydrogen) atoms. The van der Waals surface area contributed by atoms with Gasteiger partial charge in [0.1, 0.15) is 11.2 Å². The Balaban J connectivity index is 1.32. The van der Waals surface area contributed by atoms with Gasteiger partial charge >= 0.3 is 0 Å². The van der Waals surface area contributed by atoms with Crippen LogP contribution in [0.3, 0.4) is 0 Å². The van der Waals surface area contributed by atoms with Gasteiger partial charge in [-0.25, -0.2) is 15.0 Å². The van der Waals surface area contributed by atoms with Crippen LogP contribution in [0, 0.1) is 0 Å². The third-order valence-corrected chi connectivity index (χ3v) is 9.14. The first-order valence-electron chi connectivity index (χ1n) is 13.9. The van der Waals surface area contributed by atoms with E-state index in [1.165, 1.54) is 30.9 Å². The Labute approximate surface area is 244 Å². The van der Waals surface area contributed by atoms with Gasteiger partial charge in [-0.05, 0) is 29.7 Å². The van der Waals surface area contributed by atoms with E-state index >= 15 is 0 Å². The number of nitrogens with zero attached hydrogens (tertiary/aromatic N) is 3. The summed E-state index contributed by atoms with van der Waals surface area (Å²) in [5, 5.41) is 7.04. The summed E-state index contributed by atoms with van der Waals surface area (Å²) in [4.78, 5) is 15.2. The van der Waals surface area contributed by atoms with Crippen molar-refractivity contribution in [2.75, 3.05) is 0 Å². The minimum atomic E-state index is 0.613. The van der Waals surface area contributed by atoms with Crippen molar-refractivity contribution in [1.29, 1.82) is 0 Å². The maximum Gasteiger partial charge on any atom is 0.164 e. The molecule has 3 aromatic heterocycles. The lowest BCUT2D eigenvalue weighted by Crippen LogP contribution is -2.00. The minimum absolute atomic E-state index is 0.613. The van der Waals surface area contributed by atoms with Gasteiger partial charge in [0.15, 0.2) is 17.5 Å². The standard InChI is InChI=1S/C37H21N3OS/c1-2-9-23(10-3-1)35-38-36(24-18-19-26-25-12-4-6-15-30(25)41-31(26)21-24)40-37(39-35)29-14-8-11-22-17-20-28-27-13-5-7-16-32(27)42-34(28)33(22)29/h1-21H. The summed E-state index contributed by atoms with van der Waals surface area (Å²) in [6, 6.07) is 43.8. The minimum Gasteiger partial charge on any atom is -0.456 e. The van der Waals surface area contributed by atoms with Crippen molar-refractivity contribution in [3.8, 4) is 34.2 Å². The fourth-order valence-electron chi connectivity index (χ4n) is 5.95. The molecule has 0 spiro atoms. The highest BCUT2D eigenvalue weighted by atomic mass is 32.1. The van der Waals surface area contributed by atoms with Gasteiger partial charge in [-0.15, -0.1) is 11.3 Å². The number of furan rings is 1. The van der Waals surface area contributed by atoms with Gasteiger partial charge in [-0.1, -0.05) is 103 Å². The summed E-state index contributed by atoms with van der Waals surface area (Å²) in [6.45, 7) is 0. The molecule has 9 aromatic rings. The van der Waals surface area contributed by atoms with Gasteiger partial charge in [0, 0.05) is 53.0 Å². The zero-order chi connectivity index (χ0) is 27.6. The molecule has 0 saturated heterocycles. The van der Waals surface area contributed by atoms with E-state index in [-0.39, 0.29) is 0 Å². The number of benzene rings is 6. The number of hydrogen-bond acceptors (Lipinski definition) is 5. The Kier molecular flexibility index (Phi) is 5.03. The van der Waals surface area contributed by atoms with Gasteiger partial charge in [-0.2, -0.15) is 0 Å². The summed E-state index contributed by atoms with van der Waals surface area (Å²) in [5.74, 6) is 1.90. The second kappa shape index (κ2) is 9.06. The maximum atomic E-state index is 6.21. The molecular formula is C37H21N3OS. The van der Waals surface area contributed by atoms with Crippen LogP contribution in [0.25, 0.3) is 87.0 Å². The van der Waals surface area contributed by atoms with Gasteiger partial charge in [0.05, 0.1) is 0 Å². The van der Waals surface area contributed by atoms with Crippen LogP contribution in [0.5, 0.6) is 0 Å². The largest absolute Gasteiger partial charge is 0.456 e. The summed E-state index contributed by atoms with van der Waals surface area (Å²) >= 11 is 1.82. The molecule has 0 saturated carbocycles. The molecule has 4 nitrogen and oxygen atoms in total. The lowest BCUT2D eigenvalue weighted by Gasteiger charge is -2.11. The molecule has 0 aliphatic heterocycles. The average molecular weight is 556 g/mol. The van der Waals surface area contributed by atoms with E-state index < -0.39 is 0 Å². The fraction of sp³-hybridized carbons (Fsp3) is 0. The van der Waals surface area contributed by atoms with E-state index in [9.17, 15) is 0 Å². The first-order valence-corrected chi connectivity index (χ1v) is 14.7. The van der Waals surface area contributed by atoms with Crippen LogP contribution in [0.2, 0.25) is 0 Å². The van der Waals surface area contributed by atoms with E-state index in [2.05, 4.69) is 72.8 Å². The Morgan fingerprint density at radius 3 is 2.10 bits per heavy atom. The van der Waals surface area contributed by atoms with Crippen molar-refractivity contribution in [3.05, 3.63) is 127 Å². The van der Waals surface area contributed by atoms with Gasteiger partial charge < -0.3 is 4.42 Å². The normalized spacial score (nSPS) is 11.8. The third kappa shape index (κ3) is 3.57. The lowest BCUT2D eigenvalue weighted by molar-refractivity contribution is 0.669. The second-order valence-electron chi connectivity index (χ2n) is 10.4. The molecule has 0 aliphatic rings. The Bertz CT molecular complexity index is 2480. The van der Waals surface area contributed by atoms with Crippen molar-refractivity contribution in [2.24, 2.45) is 0 Å². The van der Waals surface area contributed by atoms with Crippen LogP contribution < -0.4 is 0 Å². The third-order valence-electron chi connectivity index (χ3n) is 7.93. The average Bonchev–Trinajstić information content (AvgIpc) is 3.63. The highest BCUT2D eigenvalue weighted by Gasteiger charge is 2.18. The number of rotatable bonds is 3.